The van der Waals surface area contributed by atoms with E-state index in [1.807, 2.05) is 41.2 Å². The van der Waals surface area contributed by atoms with Crippen molar-refractivity contribution < 1.29 is 4.74 Å². The quantitative estimate of drug-likeness (QED) is 0.443. The molecule has 1 heterocycles. The number of aliphatic imine (C=N–C) groups is 1. The highest BCUT2D eigenvalue weighted by Crippen LogP contribution is 2.10. The van der Waals surface area contributed by atoms with Crippen LogP contribution in [0.3, 0.4) is 0 Å². The van der Waals surface area contributed by atoms with Gasteiger partial charge >= 0.3 is 0 Å². The number of hydrogen-bond acceptors (Lipinski definition) is 3. The summed E-state index contributed by atoms with van der Waals surface area (Å²) in [7, 11) is 1.77. The molecule has 0 atom stereocenters. The van der Waals surface area contributed by atoms with Crippen LogP contribution in [0.5, 0.6) is 5.75 Å². The Hall–Kier alpha value is -2.50. The van der Waals surface area contributed by atoms with E-state index in [0.717, 1.165) is 31.2 Å². The van der Waals surface area contributed by atoms with Crippen LogP contribution in [0.1, 0.15) is 12.0 Å². The first-order chi connectivity index (χ1) is 11.3. The van der Waals surface area contributed by atoms with Crippen molar-refractivity contribution in [2.75, 3.05) is 26.7 Å². The van der Waals surface area contributed by atoms with E-state index in [0.29, 0.717) is 13.2 Å². The van der Waals surface area contributed by atoms with Crippen molar-refractivity contribution in [1.82, 2.24) is 20.4 Å². The standard InChI is InChI=1S/C17H25N5O/c1-15-5-7-16(8-6-15)23-14-11-20-17(18-2)19-9-3-12-22-13-4-10-21-22/h4-8,10,13H,3,9,11-12,14H2,1-2H3,(H2,18,19,20). The second-order valence-corrected chi connectivity index (χ2v) is 5.21. The molecule has 0 saturated heterocycles. The first-order valence-corrected chi connectivity index (χ1v) is 7.89. The van der Waals surface area contributed by atoms with E-state index in [-0.39, 0.29) is 0 Å². The van der Waals surface area contributed by atoms with Gasteiger partial charge in [0.1, 0.15) is 12.4 Å². The maximum absolute atomic E-state index is 5.67. The van der Waals surface area contributed by atoms with E-state index < -0.39 is 0 Å². The SMILES string of the molecule is CN=C(NCCCn1cccn1)NCCOc1ccc(C)cc1. The largest absolute Gasteiger partial charge is 0.492 e. The van der Waals surface area contributed by atoms with Crippen LogP contribution in [0.4, 0.5) is 0 Å². The van der Waals surface area contributed by atoms with E-state index in [2.05, 4.69) is 27.6 Å². The van der Waals surface area contributed by atoms with Crippen molar-refractivity contribution in [1.29, 1.82) is 0 Å². The Bertz CT molecular complexity index is 578. The topological polar surface area (TPSA) is 63.5 Å². The van der Waals surface area contributed by atoms with E-state index in [9.17, 15) is 0 Å². The molecule has 2 N–H and O–H groups in total. The number of nitrogens with zero attached hydrogens (tertiary/aromatic N) is 3. The fourth-order valence-corrected chi connectivity index (χ4v) is 2.07. The Morgan fingerprint density at radius 1 is 1.22 bits per heavy atom. The van der Waals surface area contributed by atoms with Gasteiger partial charge < -0.3 is 15.4 Å². The van der Waals surface area contributed by atoms with E-state index >= 15 is 0 Å². The van der Waals surface area contributed by atoms with Crippen LogP contribution in [0.25, 0.3) is 0 Å². The lowest BCUT2D eigenvalue weighted by atomic mass is 10.2. The smallest absolute Gasteiger partial charge is 0.191 e. The summed E-state index contributed by atoms with van der Waals surface area (Å²) in [6, 6.07) is 9.99. The molecule has 0 fully saturated rings. The minimum Gasteiger partial charge on any atom is -0.492 e. The fraction of sp³-hybridized carbons (Fsp3) is 0.412. The summed E-state index contributed by atoms with van der Waals surface area (Å²) in [5.41, 5.74) is 1.23. The highest BCUT2D eigenvalue weighted by Gasteiger charge is 1.98. The number of benzene rings is 1. The van der Waals surface area contributed by atoms with Crippen molar-refractivity contribution >= 4 is 5.96 Å². The third kappa shape index (κ3) is 6.42. The zero-order valence-electron chi connectivity index (χ0n) is 13.8. The lowest BCUT2D eigenvalue weighted by Gasteiger charge is -2.12. The van der Waals surface area contributed by atoms with Gasteiger partial charge in [-0.25, -0.2) is 0 Å². The number of aryl methyl sites for hydroxylation is 2. The molecule has 0 amide bonds. The molecule has 2 rings (SSSR count). The monoisotopic (exact) mass is 315 g/mol. The lowest BCUT2D eigenvalue weighted by molar-refractivity contribution is 0.322. The molecule has 0 saturated carbocycles. The lowest BCUT2D eigenvalue weighted by Crippen LogP contribution is -2.39. The summed E-state index contributed by atoms with van der Waals surface area (Å²) in [4.78, 5) is 4.20. The molecule has 0 aliphatic carbocycles. The predicted molar refractivity (Wildman–Crippen MR) is 92.9 cm³/mol. The molecule has 0 aliphatic rings. The normalized spacial score (nSPS) is 11.3. The summed E-state index contributed by atoms with van der Waals surface area (Å²) in [5, 5.41) is 10.7. The van der Waals surface area contributed by atoms with Crippen LogP contribution in [0, 0.1) is 6.92 Å². The van der Waals surface area contributed by atoms with E-state index in [1.165, 1.54) is 5.56 Å². The number of ether oxygens (including phenoxy) is 1. The van der Waals surface area contributed by atoms with Crippen LogP contribution < -0.4 is 15.4 Å². The van der Waals surface area contributed by atoms with Gasteiger partial charge in [0.25, 0.3) is 0 Å². The third-order valence-corrected chi connectivity index (χ3v) is 3.32. The van der Waals surface area contributed by atoms with Gasteiger partial charge in [0.15, 0.2) is 5.96 Å². The summed E-state index contributed by atoms with van der Waals surface area (Å²) >= 11 is 0. The average molecular weight is 315 g/mol. The Morgan fingerprint density at radius 3 is 2.70 bits per heavy atom. The second kappa shape index (κ2) is 9.50. The minimum absolute atomic E-state index is 0.594. The Morgan fingerprint density at radius 2 is 2.00 bits per heavy atom. The molecular formula is C17H25N5O. The van der Waals surface area contributed by atoms with E-state index in [4.69, 9.17) is 4.74 Å². The zero-order valence-corrected chi connectivity index (χ0v) is 13.8. The molecule has 0 aliphatic heterocycles. The Labute approximate surface area is 137 Å². The van der Waals surface area contributed by atoms with Crippen molar-refractivity contribution in [3.05, 3.63) is 48.3 Å². The van der Waals surface area contributed by atoms with Gasteiger partial charge in [-0.05, 0) is 31.5 Å². The van der Waals surface area contributed by atoms with Crippen molar-refractivity contribution in [2.24, 2.45) is 4.99 Å². The van der Waals surface area contributed by atoms with Gasteiger partial charge in [0.2, 0.25) is 0 Å². The zero-order chi connectivity index (χ0) is 16.3. The van der Waals surface area contributed by atoms with Crippen molar-refractivity contribution in [3.63, 3.8) is 0 Å². The molecule has 6 nitrogen and oxygen atoms in total. The summed E-state index contributed by atoms with van der Waals surface area (Å²) < 4.78 is 7.60. The molecule has 0 spiro atoms. The van der Waals surface area contributed by atoms with Gasteiger partial charge in [-0.1, -0.05) is 17.7 Å². The molecule has 1 aromatic carbocycles. The summed E-state index contributed by atoms with van der Waals surface area (Å²) in [5.74, 6) is 1.68. The average Bonchev–Trinajstić information content (AvgIpc) is 3.08. The third-order valence-electron chi connectivity index (χ3n) is 3.32. The summed E-state index contributed by atoms with van der Waals surface area (Å²) in [6.07, 6.45) is 4.75. The molecule has 23 heavy (non-hydrogen) atoms. The first kappa shape index (κ1) is 16.9. The van der Waals surface area contributed by atoms with Gasteiger partial charge in [-0.2, -0.15) is 5.10 Å². The fourth-order valence-electron chi connectivity index (χ4n) is 2.07. The van der Waals surface area contributed by atoms with Crippen LogP contribution in [-0.4, -0.2) is 42.5 Å². The molecule has 0 radical (unpaired) electrons. The number of rotatable bonds is 8. The minimum atomic E-state index is 0.594. The maximum atomic E-state index is 5.67. The molecule has 1 aromatic heterocycles. The highest BCUT2D eigenvalue weighted by atomic mass is 16.5. The molecule has 6 heteroatoms. The molecule has 2 aromatic rings. The Balaban J connectivity index is 1.56. The number of hydrogen-bond donors (Lipinski definition) is 2. The summed E-state index contributed by atoms with van der Waals surface area (Å²) in [6.45, 7) is 5.10. The van der Waals surface area contributed by atoms with Gasteiger partial charge in [-0.3, -0.25) is 9.67 Å². The maximum Gasteiger partial charge on any atom is 0.191 e. The van der Waals surface area contributed by atoms with Crippen LogP contribution in [0.15, 0.2) is 47.7 Å². The van der Waals surface area contributed by atoms with Crippen LogP contribution >= 0.6 is 0 Å². The second-order valence-electron chi connectivity index (χ2n) is 5.21. The van der Waals surface area contributed by atoms with Crippen molar-refractivity contribution in [3.8, 4) is 5.75 Å². The van der Waals surface area contributed by atoms with Gasteiger partial charge in [0.05, 0.1) is 6.54 Å². The molecular weight excluding hydrogens is 290 g/mol. The number of nitrogens with one attached hydrogen (secondary N) is 2. The number of aromatic nitrogens is 2. The molecule has 0 bridgehead atoms. The van der Waals surface area contributed by atoms with Gasteiger partial charge in [0, 0.05) is 32.5 Å². The molecule has 0 unspecified atom stereocenters. The van der Waals surface area contributed by atoms with Crippen LogP contribution in [-0.2, 0) is 6.54 Å². The predicted octanol–water partition coefficient (Wildman–Crippen LogP) is 1.83. The van der Waals surface area contributed by atoms with Gasteiger partial charge in [-0.15, -0.1) is 0 Å². The highest BCUT2D eigenvalue weighted by molar-refractivity contribution is 5.79. The first-order valence-electron chi connectivity index (χ1n) is 7.89. The molecule has 124 valence electrons. The number of guanidine groups is 1. The van der Waals surface area contributed by atoms with E-state index in [1.54, 1.807) is 13.2 Å². The van der Waals surface area contributed by atoms with Crippen LogP contribution in [0.2, 0.25) is 0 Å². The Kier molecular flexibility index (Phi) is 6.97. The van der Waals surface area contributed by atoms with Crippen molar-refractivity contribution in [2.45, 2.75) is 19.9 Å².